The van der Waals surface area contributed by atoms with E-state index in [4.69, 9.17) is 4.98 Å². The van der Waals surface area contributed by atoms with Gasteiger partial charge in [0.1, 0.15) is 5.82 Å². The molecule has 124 valence electrons. The summed E-state index contributed by atoms with van der Waals surface area (Å²) in [5.74, 6) is 1.01. The van der Waals surface area contributed by atoms with Crippen molar-refractivity contribution < 1.29 is 9.59 Å². The second kappa shape index (κ2) is 5.28. The fraction of sp³-hybridized carbons (Fsp3) is 0.250. The minimum Gasteiger partial charge on any atom is -0.349 e. The third-order valence-electron chi connectivity index (χ3n) is 4.95. The fourth-order valence-corrected chi connectivity index (χ4v) is 3.46. The highest BCUT2D eigenvalue weighted by atomic mass is 16.1. The number of carbonyl (C=O) groups is 2. The van der Waals surface area contributed by atoms with Crippen molar-refractivity contribution in [2.24, 2.45) is 0 Å². The van der Waals surface area contributed by atoms with E-state index in [0.29, 0.717) is 24.6 Å². The predicted octanol–water partition coefficient (Wildman–Crippen LogP) is 3.18. The molecule has 0 radical (unpaired) electrons. The molecule has 1 aromatic heterocycles. The Morgan fingerprint density at radius 3 is 2.68 bits per heavy atom. The molecule has 0 saturated heterocycles. The molecule has 1 saturated carbocycles. The average Bonchev–Trinajstić information content (AvgIpc) is 3.37. The minimum atomic E-state index is -0.0171. The van der Waals surface area contributed by atoms with Crippen LogP contribution in [0.3, 0.4) is 0 Å². The molecule has 0 atom stereocenters. The lowest BCUT2D eigenvalue weighted by Crippen LogP contribution is -2.25. The van der Waals surface area contributed by atoms with Crippen LogP contribution in [0.2, 0.25) is 0 Å². The van der Waals surface area contributed by atoms with E-state index >= 15 is 0 Å². The Hall–Kier alpha value is -2.95. The Bertz CT molecular complexity index is 1010. The van der Waals surface area contributed by atoms with E-state index in [1.54, 1.807) is 0 Å². The summed E-state index contributed by atoms with van der Waals surface area (Å²) in [5, 5.41) is 3.00. The van der Waals surface area contributed by atoms with E-state index in [0.717, 1.165) is 40.8 Å². The van der Waals surface area contributed by atoms with E-state index in [9.17, 15) is 9.59 Å². The number of Topliss-reactive ketones (excluding diaryl/α,β-unsaturated/α-hetero) is 1. The van der Waals surface area contributed by atoms with Crippen LogP contribution in [0, 0.1) is 0 Å². The van der Waals surface area contributed by atoms with Gasteiger partial charge in [0, 0.05) is 35.7 Å². The molecule has 0 bridgehead atoms. The van der Waals surface area contributed by atoms with Gasteiger partial charge in [-0.3, -0.25) is 9.59 Å². The zero-order valence-corrected chi connectivity index (χ0v) is 13.7. The summed E-state index contributed by atoms with van der Waals surface area (Å²) in [4.78, 5) is 29.0. The molecule has 1 fully saturated rings. The highest BCUT2D eigenvalue weighted by Gasteiger charge is 2.25. The van der Waals surface area contributed by atoms with Crippen LogP contribution in [0.5, 0.6) is 0 Å². The summed E-state index contributed by atoms with van der Waals surface area (Å²) in [6, 6.07) is 13.6. The van der Waals surface area contributed by atoms with Crippen LogP contribution >= 0.6 is 0 Å². The van der Waals surface area contributed by atoms with Gasteiger partial charge in [-0.15, -0.1) is 0 Å². The SMILES string of the molecule is O=C(NC1CC1)c1ccc(-c2nc3cccc4c3n2CCC4=O)cc1. The number of nitrogens with zero attached hydrogens (tertiary/aromatic N) is 2. The number of rotatable bonds is 3. The summed E-state index contributed by atoms with van der Waals surface area (Å²) in [7, 11) is 0. The van der Waals surface area contributed by atoms with E-state index in [1.807, 2.05) is 42.5 Å². The predicted molar refractivity (Wildman–Crippen MR) is 94.6 cm³/mol. The zero-order valence-electron chi connectivity index (χ0n) is 13.7. The minimum absolute atomic E-state index is 0.0171. The van der Waals surface area contributed by atoms with Crippen molar-refractivity contribution in [3.05, 3.63) is 53.6 Å². The Kier molecular flexibility index (Phi) is 3.04. The van der Waals surface area contributed by atoms with Gasteiger partial charge in [0.05, 0.1) is 11.0 Å². The van der Waals surface area contributed by atoms with Crippen molar-refractivity contribution in [3.63, 3.8) is 0 Å². The lowest BCUT2D eigenvalue weighted by molar-refractivity contribution is 0.0948. The van der Waals surface area contributed by atoms with Crippen LogP contribution in [0.15, 0.2) is 42.5 Å². The summed E-state index contributed by atoms with van der Waals surface area (Å²) >= 11 is 0. The van der Waals surface area contributed by atoms with Gasteiger partial charge in [-0.1, -0.05) is 18.2 Å². The van der Waals surface area contributed by atoms with Crippen molar-refractivity contribution in [2.75, 3.05) is 0 Å². The van der Waals surface area contributed by atoms with Gasteiger partial charge in [0.25, 0.3) is 5.91 Å². The molecule has 1 N–H and O–H groups in total. The number of aromatic nitrogens is 2. The van der Waals surface area contributed by atoms with E-state index < -0.39 is 0 Å². The number of ketones is 1. The Morgan fingerprint density at radius 1 is 1.12 bits per heavy atom. The maximum atomic E-state index is 12.1. The normalized spacial score (nSPS) is 16.2. The first-order valence-electron chi connectivity index (χ1n) is 8.64. The highest BCUT2D eigenvalue weighted by Crippen LogP contribution is 2.31. The molecule has 5 nitrogen and oxygen atoms in total. The zero-order chi connectivity index (χ0) is 17.0. The summed E-state index contributed by atoms with van der Waals surface area (Å²) < 4.78 is 2.12. The Labute approximate surface area is 144 Å². The second-order valence-electron chi connectivity index (χ2n) is 6.76. The highest BCUT2D eigenvalue weighted by molar-refractivity contribution is 6.08. The standard InChI is InChI=1S/C20H17N3O2/c24-17-10-11-23-18-15(17)2-1-3-16(18)22-19(23)12-4-6-13(7-5-12)20(25)21-14-8-9-14/h1-7,14H,8-11H2,(H,21,25). The molecule has 0 spiro atoms. The van der Waals surface area contributed by atoms with Gasteiger partial charge >= 0.3 is 0 Å². The van der Waals surface area contributed by atoms with Gasteiger partial charge in [0.2, 0.25) is 0 Å². The smallest absolute Gasteiger partial charge is 0.251 e. The molecule has 1 amide bonds. The average molecular weight is 331 g/mol. The molecule has 1 aliphatic carbocycles. The molecular formula is C20H17N3O2. The van der Waals surface area contributed by atoms with Crippen molar-refractivity contribution in [2.45, 2.75) is 31.8 Å². The quantitative estimate of drug-likeness (QED) is 0.802. The van der Waals surface area contributed by atoms with E-state index in [2.05, 4.69) is 9.88 Å². The van der Waals surface area contributed by atoms with Crippen LogP contribution in [0.25, 0.3) is 22.4 Å². The molecule has 2 heterocycles. The second-order valence-corrected chi connectivity index (χ2v) is 6.76. The molecule has 5 rings (SSSR count). The van der Waals surface area contributed by atoms with Gasteiger partial charge in [-0.2, -0.15) is 0 Å². The monoisotopic (exact) mass is 331 g/mol. The lowest BCUT2D eigenvalue weighted by Gasteiger charge is -2.15. The third-order valence-corrected chi connectivity index (χ3v) is 4.95. The number of benzene rings is 2. The topological polar surface area (TPSA) is 64.0 Å². The molecular weight excluding hydrogens is 314 g/mol. The van der Waals surface area contributed by atoms with Gasteiger partial charge in [-0.05, 0) is 37.1 Å². The van der Waals surface area contributed by atoms with Crippen LogP contribution in [0.4, 0.5) is 0 Å². The number of hydrogen-bond acceptors (Lipinski definition) is 3. The van der Waals surface area contributed by atoms with E-state index in [-0.39, 0.29) is 11.7 Å². The van der Waals surface area contributed by atoms with Crippen molar-refractivity contribution in [3.8, 4) is 11.4 Å². The summed E-state index contributed by atoms with van der Waals surface area (Å²) in [5.41, 5.74) is 4.14. The van der Waals surface area contributed by atoms with E-state index in [1.165, 1.54) is 0 Å². The Morgan fingerprint density at radius 2 is 1.92 bits per heavy atom. The third kappa shape index (κ3) is 2.35. The summed E-state index contributed by atoms with van der Waals surface area (Å²) in [6.07, 6.45) is 2.65. The maximum Gasteiger partial charge on any atom is 0.251 e. The molecule has 1 aliphatic heterocycles. The number of amides is 1. The van der Waals surface area contributed by atoms with Crippen molar-refractivity contribution in [1.29, 1.82) is 0 Å². The number of imidazole rings is 1. The van der Waals surface area contributed by atoms with Crippen LogP contribution in [-0.4, -0.2) is 27.3 Å². The largest absolute Gasteiger partial charge is 0.349 e. The number of para-hydroxylation sites is 1. The van der Waals surface area contributed by atoms with Crippen LogP contribution < -0.4 is 5.32 Å². The molecule has 25 heavy (non-hydrogen) atoms. The number of hydrogen-bond donors (Lipinski definition) is 1. The first-order chi connectivity index (χ1) is 12.2. The van der Waals surface area contributed by atoms with Crippen LogP contribution in [-0.2, 0) is 6.54 Å². The first kappa shape index (κ1) is 14.4. The Balaban J connectivity index is 1.55. The van der Waals surface area contributed by atoms with Crippen LogP contribution in [0.1, 0.15) is 40.0 Å². The van der Waals surface area contributed by atoms with Gasteiger partial charge < -0.3 is 9.88 Å². The molecule has 2 aromatic carbocycles. The van der Waals surface area contributed by atoms with Gasteiger partial charge in [0.15, 0.2) is 5.78 Å². The number of aryl methyl sites for hydroxylation is 1. The van der Waals surface area contributed by atoms with Crippen molar-refractivity contribution in [1.82, 2.24) is 14.9 Å². The molecule has 5 heteroatoms. The first-order valence-corrected chi connectivity index (χ1v) is 8.64. The molecule has 2 aliphatic rings. The fourth-order valence-electron chi connectivity index (χ4n) is 3.46. The number of nitrogens with one attached hydrogen (secondary N) is 1. The molecule has 0 unspecified atom stereocenters. The molecule has 3 aromatic rings. The van der Waals surface area contributed by atoms with Crippen molar-refractivity contribution >= 4 is 22.7 Å². The van der Waals surface area contributed by atoms with Gasteiger partial charge in [-0.25, -0.2) is 4.98 Å². The number of carbonyl (C=O) groups excluding carboxylic acids is 2. The lowest BCUT2D eigenvalue weighted by atomic mass is 10.0. The maximum absolute atomic E-state index is 12.1. The summed E-state index contributed by atoms with van der Waals surface area (Å²) in [6.45, 7) is 0.644.